The van der Waals surface area contributed by atoms with E-state index in [9.17, 15) is 25.9 Å². The molecule has 2 aromatic carbocycles. The lowest BCUT2D eigenvalue weighted by Crippen LogP contribution is -2.08. The van der Waals surface area contributed by atoms with Crippen LogP contribution in [-0.4, -0.2) is 25.9 Å². The molecule has 8 nitrogen and oxygen atoms in total. The summed E-state index contributed by atoms with van der Waals surface area (Å²) in [4.78, 5) is -1.12. The smallest absolute Gasteiger partial charge is 0.295 e. The summed E-state index contributed by atoms with van der Waals surface area (Å²) in [5.41, 5.74) is 12.6. The fourth-order valence-electron chi connectivity index (χ4n) is 2.50. The Morgan fingerprint density at radius 3 is 1.72 bits per heavy atom. The summed E-state index contributed by atoms with van der Waals surface area (Å²) in [6.45, 7) is 3.37. The van der Waals surface area contributed by atoms with Gasteiger partial charge in [0.25, 0.3) is 20.2 Å². The van der Waals surface area contributed by atoms with E-state index in [0.717, 1.165) is 12.1 Å². The molecule has 0 heterocycles. The molecule has 25 heavy (non-hydrogen) atoms. The third kappa shape index (κ3) is 3.76. The van der Waals surface area contributed by atoms with Gasteiger partial charge in [0.05, 0.1) is 0 Å². The maximum atomic E-state index is 11.8. The van der Waals surface area contributed by atoms with E-state index in [4.69, 9.17) is 11.5 Å². The number of nitrogens with two attached hydrogens (primary N) is 2. The van der Waals surface area contributed by atoms with E-state index < -0.39 is 30.0 Å². The molecule has 0 spiro atoms. The average molecular weight is 386 g/mol. The molecule has 0 amide bonds. The number of hydrogen-bond donors (Lipinski definition) is 4. The highest BCUT2D eigenvalue weighted by atomic mass is 32.2. The van der Waals surface area contributed by atoms with Gasteiger partial charge in [-0.3, -0.25) is 9.11 Å². The summed E-state index contributed by atoms with van der Waals surface area (Å²) in [5, 5.41) is 0. The van der Waals surface area contributed by atoms with Crippen LogP contribution in [0, 0.1) is 6.92 Å². The van der Waals surface area contributed by atoms with E-state index in [1.54, 1.807) is 13.8 Å². The van der Waals surface area contributed by atoms with Crippen LogP contribution < -0.4 is 11.5 Å². The normalized spacial score (nSPS) is 12.3. The zero-order valence-corrected chi connectivity index (χ0v) is 15.1. The summed E-state index contributed by atoms with van der Waals surface area (Å²) >= 11 is 0. The molecule has 0 radical (unpaired) electrons. The van der Waals surface area contributed by atoms with Crippen molar-refractivity contribution >= 4 is 31.6 Å². The van der Waals surface area contributed by atoms with Crippen LogP contribution >= 0.6 is 0 Å². The molecule has 0 atom stereocenters. The first-order chi connectivity index (χ1) is 11.4. The van der Waals surface area contributed by atoms with Crippen LogP contribution in [0.3, 0.4) is 0 Å². The van der Waals surface area contributed by atoms with Crippen molar-refractivity contribution in [3.05, 3.63) is 35.4 Å². The van der Waals surface area contributed by atoms with Crippen LogP contribution in [0.25, 0.3) is 11.1 Å². The predicted molar refractivity (Wildman–Crippen MR) is 94.4 cm³/mol. The number of nitrogen functional groups attached to an aromatic ring is 2. The average Bonchev–Trinajstić information content (AvgIpc) is 2.47. The van der Waals surface area contributed by atoms with Crippen molar-refractivity contribution in [3.63, 3.8) is 0 Å². The topological polar surface area (TPSA) is 161 Å². The van der Waals surface area contributed by atoms with E-state index in [0.29, 0.717) is 17.5 Å². The summed E-state index contributed by atoms with van der Waals surface area (Å²) < 4.78 is 66.0. The summed E-state index contributed by atoms with van der Waals surface area (Å²) in [6.07, 6.45) is 0.444. The Balaban J connectivity index is 3.03. The Kier molecular flexibility index (Phi) is 4.83. The van der Waals surface area contributed by atoms with Crippen molar-refractivity contribution in [2.45, 2.75) is 30.1 Å². The summed E-state index contributed by atoms with van der Waals surface area (Å²) in [7, 11) is -9.40. The van der Waals surface area contributed by atoms with Crippen molar-refractivity contribution < 1.29 is 25.9 Å². The van der Waals surface area contributed by atoms with Crippen molar-refractivity contribution in [1.82, 2.24) is 0 Å². The summed E-state index contributed by atoms with van der Waals surface area (Å²) in [5.74, 6) is 0. The molecule has 2 aromatic rings. The second-order valence-electron chi connectivity index (χ2n) is 5.56. The molecule has 2 rings (SSSR count). The molecule has 10 heteroatoms. The van der Waals surface area contributed by atoms with Crippen molar-refractivity contribution in [2.75, 3.05) is 11.5 Å². The minimum atomic E-state index is -4.70. The Labute approximate surface area is 146 Å². The molecule has 0 aromatic heterocycles. The molecule has 0 bridgehead atoms. The minimum absolute atomic E-state index is 0.0933. The molecule has 0 aliphatic heterocycles. The Hall–Kier alpha value is -2.14. The first kappa shape index (κ1) is 19.2. The van der Waals surface area contributed by atoms with Gasteiger partial charge in [0.2, 0.25) is 0 Å². The fourth-order valence-corrected chi connectivity index (χ4v) is 3.94. The van der Waals surface area contributed by atoms with Crippen molar-refractivity contribution in [1.29, 1.82) is 0 Å². The lowest BCUT2D eigenvalue weighted by atomic mass is 9.98. The van der Waals surface area contributed by atoms with Gasteiger partial charge in [0.15, 0.2) is 0 Å². The van der Waals surface area contributed by atoms with E-state index in [1.165, 1.54) is 12.1 Å². The van der Waals surface area contributed by atoms with Gasteiger partial charge in [-0.05, 0) is 48.7 Å². The van der Waals surface area contributed by atoms with E-state index in [2.05, 4.69) is 0 Å². The van der Waals surface area contributed by atoms with Gasteiger partial charge >= 0.3 is 0 Å². The molecule has 0 unspecified atom stereocenters. The number of aryl methyl sites for hydroxylation is 2. The van der Waals surface area contributed by atoms with E-state index in [1.807, 2.05) is 0 Å². The third-order valence-electron chi connectivity index (χ3n) is 3.84. The van der Waals surface area contributed by atoms with Crippen LogP contribution in [0.2, 0.25) is 0 Å². The van der Waals surface area contributed by atoms with Crippen molar-refractivity contribution in [2.24, 2.45) is 0 Å². The lowest BCUT2D eigenvalue weighted by molar-refractivity contribution is 0.480. The highest BCUT2D eigenvalue weighted by molar-refractivity contribution is 7.86. The number of hydrogen-bond acceptors (Lipinski definition) is 6. The van der Waals surface area contributed by atoms with Gasteiger partial charge in [-0.1, -0.05) is 6.92 Å². The zero-order chi connectivity index (χ0) is 19.2. The number of rotatable bonds is 4. The van der Waals surface area contributed by atoms with Gasteiger partial charge < -0.3 is 11.5 Å². The first-order valence-corrected chi connectivity index (χ1v) is 10.0. The quantitative estimate of drug-likeness (QED) is 0.457. The predicted octanol–water partition coefficient (Wildman–Crippen LogP) is 1.88. The highest BCUT2D eigenvalue weighted by Crippen LogP contribution is 2.37. The van der Waals surface area contributed by atoms with Gasteiger partial charge in [-0.25, -0.2) is 0 Å². The standard InChI is InChI=1S/C15H18N2O6S2/c1-3-9-5-11(15(7-13(9)17)25(21,22)23)10-4-8(2)12(16)6-14(10)24(18,19)20/h4-7H,3,16-17H2,1-2H3,(H,18,19,20)(H,21,22,23). The number of anilines is 2. The third-order valence-corrected chi connectivity index (χ3v) is 5.62. The first-order valence-electron chi connectivity index (χ1n) is 7.14. The van der Waals surface area contributed by atoms with E-state index >= 15 is 0 Å². The van der Waals surface area contributed by atoms with Crippen LogP contribution in [0.4, 0.5) is 11.4 Å². The monoisotopic (exact) mass is 386 g/mol. The second kappa shape index (κ2) is 6.30. The molecular weight excluding hydrogens is 368 g/mol. The molecule has 0 fully saturated rings. The Morgan fingerprint density at radius 2 is 1.28 bits per heavy atom. The largest absolute Gasteiger partial charge is 0.398 e. The minimum Gasteiger partial charge on any atom is -0.398 e. The second-order valence-corrected chi connectivity index (χ2v) is 8.34. The maximum Gasteiger partial charge on any atom is 0.295 e. The van der Waals surface area contributed by atoms with Crippen LogP contribution in [-0.2, 0) is 26.7 Å². The van der Waals surface area contributed by atoms with Gasteiger partial charge in [0.1, 0.15) is 9.79 Å². The molecular formula is C15H18N2O6S2. The Bertz CT molecular complexity index is 1060. The van der Waals surface area contributed by atoms with Crippen LogP contribution in [0.1, 0.15) is 18.1 Å². The van der Waals surface area contributed by atoms with Crippen LogP contribution in [0.15, 0.2) is 34.1 Å². The van der Waals surface area contributed by atoms with Crippen molar-refractivity contribution in [3.8, 4) is 11.1 Å². The van der Waals surface area contributed by atoms with Gasteiger partial charge in [0, 0.05) is 22.5 Å². The molecule has 0 saturated carbocycles. The lowest BCUT2D eigenvalue weighted by Gasteiger charge is -2.16. The van der Waals surface area contributed by atoms with Crippen LogP contribution in [0.5, 0.6) is 0 Å². The van der Waals surface area contributed by atoms with E-state index in [-0.39, 0.29) is 22.5 Å². The zero-order valence-electron chi connectivity index (χ0n) is 13.5. The molecule has 6 N–H and O–H groups in total. The molecule has 0 saturated heterocycles. The maximum absolute atomic E-state index is 11.8. The Morgan fingerprint density at radius 1 is 0.840 bits per heavy atom. The number of benzene rings is 2. The molecule has 0 aliphatic carbocycles. The fraction of sp³-hybridized carbons (Fsp3) is 0.200. The highest BCUT2D eigenvalue weighted by Gasteiger charge is 2.25. The summed E-state index contributed by atoms with van der Waals surface area (Å²) in [6, 6.07) is 4.80. The molecule has 136 valence electrons. The van der Waals surface area contributed by atoms with Gasteiger partial charge in [-0.2, -0.15) is 16.8 Å². The van der Waals surface area contributed by atoms with Gasteiger partial charge in [-0.15, -0.1) is 0 Å². The molecule has 0 aliphatic rings. The SMILES string of the molecule is CCc1cc(-c2cc(C)c(N)cc2S(=O)(=O)O)c(S(=O)(=O)O)cc1N.